The lowest BCUT2D eigenvalue weighted by Gasteiger charge is -2.04. The van der Waals surface area contributed by atoms with Crippen molar-refractivity contribution >= 4 is 11.0 Å². The average molecular weight is 190 g/mol. The second-order valence-corrected chi connectivity index (χ2v) is 3.11. The van der Waals surface area contributed by atoms with Gasteiger partial charge in [0.1, 0.15) is 11.3 Å². The Morgan fingerprint density at radius 1 is 1.29 bits per heavy atom. The van der Waals surface area contributed by atoms with Gasteiger partial charge in [0, 0.05) is 11.5 Å². The molecule has 0 aliphatic heterocycles. The Hall–Kier alpha value is -1.77. The van der Waals surface area contributed by atoms with Crippen molar-refractivity contribution in [2.45, 2.75) is 6.92 Å². The zero-order valence-electron chi connectivity index (χ0n) is 8.03. The largest absolute Gasteiger partial charge is 0.496 e. The van der Waals surface area contributed by atoms with Gasteiger partial charge in [-0.2, -0.15) is 0 Å². The Balaban J connectivity index is 2.79. The maximum atomic E-state index is 11.0. The Bertz CT molecular complexity index is 526. The summed E-state index contributed by atoms with van der Waals surface area (Å²) in [5, 5.41) is 0.868. The van der Waals surface area contributed by atoms with Crippen molar-refractivity contribution in [3.05, 3.63) is 40.2 Å². The first-order chi connectivity index (χ1) is 6.70. The third-order valence-electron chi connectivity index (χ3n) is 2.14. The van der Waals surface area contributed by atoms with Crippen LogP contribution in [0.5, 0.6) is 5.75 Å². The Kier molecular flexibility index (Phi) is 2.00. The van der Waals surface area contributed by atoms with E-state index in [-0.39, 0.29) is 5.63 Å². The summed E-state index contributed by atoms with van der Waals surface area (Å²) in [5.41, 5.74) is 1.22. The number of aryl methyl sites for hydroxylation is 1. The van der Waals surface area contributed by atoms with Crippen LogP contribution >= 0.6 is 0 Å². The first-order valence-electron chi connectivity index (χ1n) is 4.29. The van der Waals surface area contributed by atoms with Gasteiger partial charge in [-0.15, -0.1) is 0 Å². The molecule has 0 aliphatic carbocycles. The van der Waals surface area contributed by atoms with Crippen LogP contribution in [0.4, 0.5) is 0 Å². The smallest absolute Gasteiger partial charge is 0.336 e. The number of methoxy groups -OCH3 is 1. The lowest BCUT2D eigenvalue weighted by Crippen LogP contribution is -1.95. The van der Waals surface area contributed by atoms with E-state index in [2.05, 4.69) is 0 Å². The van der Waals surface area contributed by atoms with Crippen molar-refractivity contribution in [1.29, 1.82) is 0 Å². The third kappa shape index (κ3) is 1.37. The normalized spacial score (nSPS) is 10.4. The molecule has 1 aromatic heterocycles. The molecule has 1 heterocycles. The monoisotopic (exact) mass is 190 g/mol. The van der Waals surface area contributed by atoms with E-state index < -0.39 is 0 Å². The highest BCUT2D eigenvalue weighted by atomic mass is 16.5. The van der Waals surface area contributed by atoms with Gasteiger partial charge in [0.25, 0.3) is 0 Å². The van der Waals surface area contributed by atoms with E-state index in [1.807, 2.05) is 13.0 Å². The highest BCUT2D eigenvalue weighted by molar-refractivity contribution is 5.79. The van der Waals surface area contributed by atoms with E-state index in [0.29, 0.717) is 5.58 Å². The van der Waals surface area contributed by atoms with Gasteiger partial charge in [-0.05, 0) is 30.7 Å². The highest BCUT2D eigenvalue weighted by Crippen LogP contribution is 2.23. The molecule has 1 aromatic carbocycles. The zero-order valence-corrected chi connectivity index (χ0v) is 8.03. The molecule has 0 spiro atoms. The van der Waals surface area contributed by atoms with Crippen LogP contribution in [-0.4, -0.2) is 7.11 Å². The molecular formula is C11H10O3. The van der Waals surface area contributed by atoms with Crippen LogP contribution in [0.25, 0.3) is 11.0 Å². The van der Waals surface area contributed by atoms with E-state index in [4.69, 9.17) is 9.15 Å². The fourth-order valence-electron chi connectivity index (χ4n) is 1.42. The number of ether oxygens (including phenoxy) is 1. The summed E-state index contributed by atoms with van der Waals surface area (Å²) in [7, 11) is 1.62. The van der Waals surface area contributed by atoms with Crippen molar-refractivity contribution in [3.8, 4) is 5.75 Å². The van der Waals surface area contributed by atoms with Crippen LogP contribution < -0.4 is 10.4 Å². The van der Waals surface area contributed by atoms with Crippen LogP contribution in [0.2, 0.25) is 0 Å². The molecule has 0 saturated heterocycles. The number of benzene rings is 1. The van der Waals surface area contributed by atoms with Gasteiger partial charge in [-0.25, -0.2) is 4.79 Å². The summed E-state index contributed by atoms with van der Waals surface area (Å²) in [6, 6.07) is 6.78. The average Bonchev–Trinajstić information content (AvgIpc) is 2.16. The molecule has 2 rings (SSSR count). The molecule has 0 amide bonds. The molecule has 2 aromatic rings. The molecule has 0 unspecified atom stereocenters. The first-order valence-corrected chi connectivity index (χ1v) is 4.29. The number of fused-ring (bicyclic) bond motifs is 1. The molecule has 0 bridgehead atoms. The molecule has 3 nitrogen and oxygen atoms in total. The van der Waals surface area contributed by atoms with E-state index in [0.717, 1.165) is 16.7 Å². The molecule has 3 heteroatoms. The molecule has 0 fully saturated rings. The van der Waals surface area contributed by atoms with Gasteiger partial charge in [-0.1, -0.05) is 0 Å². The maximum Gasteiger partial charge on any atom is 0.336 e. The Morgan fingerprint density at radius 3 is 2.79 bits per heavy atom. The Morgan fingerprint density at radius 2 is 2.07 bits per heavy atom. The van der Waals surface area contributed by atoms with Crippen LogP contribution in [0.1, 0.15) is 5.56 Å². The van der Waals surface area contributed by atoms with Crippen molar-refractivity contribution in [3.63, 3.8) is 0 Å². The fourth-order valence-corrected chi connectivity index (χ4v) is 1.42. The fraction of sp³-hybridized carbons (Fsp3) is 0.182. The summed E-state index contributed by atoms with van der Waals surface area (Å²) >= 11 is 0. The van der Waals surface area contributed by atoms with E-state index in [1.54, 1.807) is 19.2 Å². The van der Waals surface area contributed by atoms with Crippen LogP contribution in [0.3, 0.4) is 0 Å². The minimum absolute atomic E-state index is 0.331. The number of hydrogen-bond donors (Lipinski definition) is 0. The molecule has 0 saturated carbocycles. The van der Waals surface area contributed by atoms with Crippen molar-refractivity contribution in [2.75, 3.05) is 7.11 Å². The van der Waals surface area contributed by atoms with Gasteiger partial charge < -0.3 is 9.15 Å². The lowest BCUT2D eigenvalue weighted by atomic mass is 10.1. The SMILES string of the molecule is COc1cc2ccc(=O)oc2cc1C. The van der Waals surface area contributed by atoms with Crippen LogP contribution in [0.15, 0.2) is 33.5 Å². The topological polar surface area (TPSA) is 39.4 Å². The minimum atomic E-state index is -0.331. The Labute approximate surface area is 80.9 Å². The molecule has 14 heavy (non-hydrogen) atoms. The predicted molar refractivity (Wildman–Crippen MR) is 53.8 cm³/mol. The second kappa shape index (κ2) is 3.18. The minimum Gasteiger partial charge on any atom is -0.496 e. The quantitative estimate of drug-likeness (QED) is 0.646. The van der Waals surface area contributed by atoms with Gasteiger partial charge in [0.2, 0.25) is 0 Å². The molecular weight excluding hydrogens is 180 g/mol. The summed E-state index contributed by atoms with van der Waals surface area (Å²) < 4.78 is 10.2. The molecule has 72 valence electrons. The molecule has 0 radical (unpaired) electrons. The summed E-state index contributed by atoms with van der Waals surface area (Å²) in [4.78, 5) is 11.0. The van der Waals surface area contributed by atoms with Crippen molar-refractivity contribution in [1.82, 2.24) is 0 Å². The maximum absolute atomic E-state index is 11.0. The van der Waals surface area contributed by atoms with Gasteiger partial charge in [0.05, 0.1) is 7.11 Å². The van der Waals surface area contributed by atoms with Crippen LogP contribution in [-0.2, 0) is 0 Å². The number of rotatable bonds is 1. The second-order valence-electron chi connectivity index (χ2n) is 3.11. The first kappa shape index (κ1) is 8.81. The van der Waals surface area contributed by atoms with Crippen molar-refractivity contribution in [2.24, 2.45) is 0 Å². The summed E-state index contributed by atoms with van der Waals surface area (Å²) in [6.07, 6.45) is 0. The van der Waals surface area contributed by atoms with E-state index in [9.17, 15) is 4.79 Å². The van der Waals surface area contributed by atoms with Gasteiger partial charge in [0.15, 0.2) is 0 Å². The summed E-state index contributed by atoms with van der Waals surface area (Å²) in [5.74, 6) is 0.798. The lowest BCUT2D eigenvalue weighted by molar-refractivity contribution is 0.412. The highest BCUT2D eigenvalue weighted by Gasteiger charge is 2.02. The van der Waals surface area contributed by atoms with Crippen LogP contribution in [0, 0.1) is 6.92 Å². The molecule has 0 aliphatic rings. The van der Waals surface area contributed by atoms with Gasteiger partial charge in [-0.3, -0.25) is 0 Å². The standard InChI is InChI=1S/C11H10O3/c1-7-5-10-8(6-9(7)13-2)3-4-11(12)14-10/h3-6H,1-2H3. The zero-order chi connectivity index (χ0) is 10.1. The van der Waals surface area contributed by atoms with E-state index >= 15 is 0 Å². The van der Waals surface area contributed by atoms with Crippen molar-refractivity contribution < 1.29 is 9.15 Å². The number of hydrogen-bond acceptors (Lipinski definition) is 3. The van der Waals surface area contributed by atoms with Gasteiger partial charge >= 0.3 is 5.63 Å². The molecule has 0 N–H and O–H groups in total. The summed E-state index contributed by atoms with van der Waals surface area (Å²) in [6.45, 7) is 1.91. The third-order valence-corrected chi connectivity index (χ3v) is 2.14. The molecule has 0 atom stereocenters. The predicted octanol–water partition coefficient (Wildman–Crippen LogP) is 2.11. The van der Waals surface area contributed by atoms with E-state index in [1.165, 1.54) is 6.07 Å².